The Bertz CT molecular complexity index is 435. The van der Waals surface area contributed by atoms with Crippen LogP contribution in [0.1, 0.15) is 20.2 Å². The first-order valence-electron chi connectivity index (χ1n) is 3.77. The highest BCUT2D eigenvalue weighted by Crippen LogP contribution is 2.27. The van der Waals surface area contributed by atoms with Gasteiger partial charge in [0.05, 0.1) is 10.6 Å². The molecular formula is C8H5BrN2OS2. The molecule has 0 spiro atoms. The lowest BCUT2D eigenvalue weighted by Gasteiger charge is -1.94. The van der Waals surface area contributed by atoms with E-state index in [1.54, 1.807) is 6.92 Å². The smallest absolute Gasteiger partial charge is 0.217 e. The fourth-order valence-corrected chi connectivity index (χ4v) is 3.16. The van der Waals surface area contributed by atoms with Gasteiger partial charge in [-0.25, -0.2) is 0 Å². The van der Waals surface area contributed by atoms with Crippen LogP contribution < -0.4 is 0 Å². The van der Waals surface area contributed by atoms with E-state index in [1.165, 1.54) is 11.3 Å². The predicted octanol–water partition coefficient (Wildman–Crippen LogP) is 2.90. The molecule has 6 heteroatoms. The third-order valence-electron chi connectivity index (χ3n) is 1.68. The maximum atomic E-state index is 11.9. The number of thiophene rings is 1. The van der Waals surface area contributed by atoms with Gasteiger partial charge in [-0.2, -0.15) is 0 Å². The van der Waals surface area contributed by atoms with E-state index >= 15 is 0 Å². The van der Waals surface area contributed by atoms with Gasteiger partial charge in [0.2, 0.25) is 5.78 Å². The molecule has 0 aromatic carbocycles. The maximum Gasteiger partial charge on any atom is 0.217 e. The van der Waals surface area contributed by atoms with Crippen LogP contribution in [-0.2, 0) is 0 Å². The van der Waals surface area contributed by atoms with Crippen LogP contribution in [0.25, 0.3) is 0 Å². The highest BCUT2D eigenvalue weighted by atomic mass is 79.9. The summed E-state index contributed by atoms with van der Waals surface area (Å²) in [6, 6.07) is 1.86. The molecular weight excluding hydrogens is 284 g/mol. The molecule has 2 heterocycles. The van der Waals surface area contributed by atoms with Crippen LogP contribution in [0.4, 0.5) is 0 Å². The fourth-order valence-electron chi connectivity index (χ4n) is 0.999. The minimum Gasteiger partial charge on any atom is -0.287 e. The minimum atomic E-state index is -0.000579. The van der Waals surface area contributed by atoms with Gasteiger partial charge in [0.25, 0.3) is 0 Å². The number of nitrogens with zero attached hydrogens (tertiary/aromatic N) is 2. The van der Waals surface area contributed by atoms with Gasteiger partial charge in [-0.1, -0.05) is 4.49 Å². The lowest BCUT2D eigenvalue weighted by atomic mass is 10.2. The van der Waals surface area contributed by atoms with Crippen molar-refractivity contribution < 1.29 is 4.79 Å². The quantitative estimate of drug-likeness (QED) is 0.798. The molecule has 0 fully saturated rings. The standard InChI is InChI=1S/C8H5BrN2OS2/c1-4-7(14-11-10-4)6(12)8-5(9)2-3-13-8/h2-3H,1H3. The largest absolute Gasteiger partial charge is 0.287 e. The molecule has 72 valence electrons. The van der Waals surface area contributed by atoms with Gasteiger partial charge >= 0.3 is 0 Å². The average Bonchev–Trinajstić information content (AvgIpc) is 2.73. The summed E-state index contributed by atoms with van der Waals surface area (Å²) >= 11 is 5.89. The summed E-state index contributed by atoms with van der Waals surface area (Å²) in [4.78, 5) is 13.2. The Morgan fingerprint density at radius 1 is 1.50 bits per heavy atom. The summed E-state index contributed by atoms with van der Waals surface area (Å²) in [7, 11) is 0. The fraction of sp³-hybridized carbons (Fsp3) is 0.125. The van der Waals surface area contributed by atoms with Gasteiger partial charge in [-0.05, 0) is 45.8 Å². The number of aryl methyl sites for hydroxylation is 1. The van der Waals surface area contributed by atoms with E-state index in [4.69, 9.17) is 0 Å². The zero-order chi connectivity index (χ0) is 10.1. The van der Waals surface area contributed by atoms with E-state index in [1.807, 2.05) is 11.4 Å². The second-order valence-corrected chi connectivity index (χ2v) is 5.14. The Kier molecular flexibility index (Phi) is 2.76. The van der Waals surface area contributed by atoms with Crippen molar-refractivity contribution in [3.05, 3.63) is 31.4 Å². The van der Waals surface area contributed by atoms with E-state index < -0.39 is 0 Å². The lowest BCUT2D eigenvalue weighted by molar-refractivity contribution is 0.104. The minimum absolute atomic E-state index is 0.000579. The Hall–Kier alpha value is -0.590. The number of rotatable bonds is 2. The van der Waals surface area contributed by atoms with Crippen molar-refractivity contribution in [3.8, 4) is 0 Å². The molecule has 0 atom stereocenters. The van der Waals surface area contributed by atoms with Crippen molar-refractivity contribution >= 4 is 44.6 Å². The number of ketones is 1. The van der Waals surface area contributed by atoms with Crippen molar-refractivity contribution in [2.45, 2.75) is 6.92 Å². The molecule has 0 aliphatic carbocycles. The predicted molar refractivity (Wildman–Crippen MR) is 60.1 cm³/mol. The van der Waals surface area contributed by atoms with Gasteiger partial charge in [-0.3, -0.25) is 4.79 Å². The molecule has 0 saturated heterocycles. The Labute approximate surface area is 97.1 Å². The highest BCUT2D eigenvalue weighted by molar-refractivity contribution is 9.10. The van der Waals surface area contributed by atoms with E-state index in [9.17, 15) is 4.79 Å². The first-order valence-corrected chi connectivity index (χ1v) is 6.21. The second-order valence-electron chi connectivity index (χ2n) is 2.61. The number of carbonyl (C=O) groups excluding carboxylic acids is 1. The summed E-state index contributed by atoms with van der Waals surface area (Å²) in [5, 5.41) is 5.69. The monoisotopic (exact) mass is 288 g/mol. The molecule has 2 aromatic heterocycles. The van der Waals surface area contributed by atoms with Gasteiger partial charge in [0, 0.05) is 4.47 Å². The third-order valence-corrected chi connectivity index (χ3v) is 4.34. The topological polar surface area (TPSA) is 42.9 Å². The number of halogens is 1. The summed E-state index contributed by atoms with van der Waals surface area (Å²) in [5.41, 5.74) is 0.695. The summed E-state index contributed by atoms with van der Waals surface area (Å²) in [6.45, 7) is 1.79. The molecule has 3 nitrogen and oxygen atoms in total. The number of hydrogen-bond donors (Lipinski definition) is 0. The molecule has 0 saturated carbocycles. The zero-order valence-electron chi connectivity index (χ0n) is 7.15. The van der Waals surface area contributed by atoms with Crippen molar-refractivity contribution in [1.82, 2.24) is 9.59 Å². The molecule has 2 rings (SSSR count). The highest BCUT2D eigenvalue weighted by Gasteiger charge is 2.18. The summed E-state index contributed by atoms with van der Waals surface area (Å²) in [5.74, 6) is -0.000579. The Balaban J connectivity index is 2.44. The van der Waals surface area contributed by atoms with Crippen LogP contribution in [0.2, 0.25) is 0 Å². The Morgan fingerprint density at radius 3 is 2.79 bits per heavy atom. The molecule has 0 unspecified atom stereocenters. The van der Waals surface area contributed by atoms with Gasteiger partial charge in [0.1, 0.15) is 4.88 Å². The van der Waals surface area contributed by atoms with Gasteiger partial charge in [0.15, 0.2) is 0 Å². The molecule has 2 aromatic rings. The van der Waals surface area contributed by atoms with Gasteiger partial charge in [-0.15, -0.1) is 16.4 Å². The molecule has 0 aliphatic heterocycles. The molecule has 0 bridgehead atoms. The van der Waals surface area contributed by atoms with Crippen molar-refractivity contribution in [1.29, 1.82) is 0 Å². The van der Waals surface area contributed by atoms with E-state index in [-0.39, 0.29) is 5.78 Å². The molecule has 0 aliphatic rings. The first kappa shape index (κ1) is 9.95. The maximum absolute atomic E-state index is 11.9. The SMILES string of the molecule is Cc1nnsc1C(=O)c1sccc1Br. The third kappa shape index (κ3) is 1.65. The van der Waals surface area contributed by atoms with Crippen molar-refractivity contribution in [3.63, 3.8) is 0 Å². The van der Waals surface area contributed by atoms with Gasteiger partial charge < -0.3 is 0 Å². The average molecular weight is 289 g/mol. The normalized spacial score (nSPS) is 10.4. The summed E-state index contributed by atoms with van der Waals surface area (Å²) in [6.07, 6.45) is 0. The van der Waals surface area contributed by atoms with Crippen molar-refractivity contribution in [2.75, 3.05) is 0 Å². The molecule has 0 amide bonds. The van der Waals surface area contributed by atoms with E-state index in [0.29, 0.717) is 15.4 Å². The molecule has 0 radical (unpaired) electrons. The van der Waals surface area contributed by atoms with Crippen molar-refractivity contribution in [2.24, 2.45) is 0 Å². The van der Waals surface area contributed by atoms with Crippen LogP contribution in [-0.4, -0.2) is 15.4 Å². The second kappa shape index (κ2) is 3.88. The van der Waals surface area contributed by atoms with Crippen LogP contribution in [0.5, 0.6) is 0 Å². The number of carbonyl (C=O) groups is 1. The lowest BCUT2D eigenvalue weighted by Crippen LogP contribution is -1.98. The van der Waals surface area contributed by atoms with Crippen LogP contribution in [0.3, 0.4) is 0 Å². The first-order chi connectivity index (χ1) is 6.70. The molecule has 14 heavy (non-hydrogen) atoms. The van der Waals surface area contributed by atoms with E-state index in [2.05, 4.69) is 25.5 Å². The zero-order valence-corrected chi connectivity index (χ0v) is 10.4. The number of hydrogen-bond acceptors (Lipinski definition) is 5. The van der Waals surface area contributed by atoms with E-state index in [0.717, 1.165) is 16.0 Å². The van der Waals surface area contributed by atoms with Crippen LogP contribution in [0.15, 0.2) is 15.9 Å². The summed E-state index contributed by atoms with van der Waals surface area (Å²) < 4.78 is 4.58. The Morgan fingerprint density at radius 2 is 2.29 bits per heavy atom. The van der Waals surface area contributed by atoms with Crippen LogP contribution in [0, 0.1) is 6.92 Å². The number of aromatic nitrogens is 2. The van der Waals surface area contributed by atoms with Crippen LogP contribution >= 0.6 is 38.8 Å². The molecule has 0 N–H and O–H groups in total.